The van der Waals surface area contributed by atoms with Gasteiger partial charge in [0.2, 0.25) is 0 Å². The molecule has 7 heteroatoms. The first kappa shape index (κ1) is 20.4. The second-order valence-corrected chi connectivity index (χ2v) is 7.24. The highest BCUT2D eigenvalue weighted by Gasteiger charge is 2.52. The van der Waals surface area contributed by atoms with Crippen LogP contribution in [0.25, 0.3) is 5.57 Å². The van der Waals surface area contributed by atoms with Crippen molar-refractivity contribution >= 4 is 17.7 Å². The van der Waals surface area contributed by atoms with E-state index in [1.54, 1.807) is 19.1 Å². The highest BCUT2D eigenvalue weighted by atomic mass is 16.7. The summed E-state index contributed by atoms with van der Waals surface area (Å²) in [6.07, 6.45) is 0.104. The summed E-state index contributed by atoms with van der Waals surface area (Å²) >= 11 is 0. The van der Waals surface area contributed by atoms with Crippen molar-refractivity contribution in [3.8, 4) is 0 Å². The van der Waals surface area contributed by atoms with Crippen LogP contribution in [0.3, 0.4) is 0 Å². The minimum absolute atomic E-state index is 0.184. The summed E-state index contributed by atoms with van der Waals surface area (Å²) in [5.74, 6) is -0.227. The molecule has 7 nitrogen and oxygen atoms in total. The maximum atomic E-state index is 12.9. The van der Waals surface area contributed by atoms with Gasteiger partial charge < -0.3 is 19.0 Å². The van der Waals surface area contributed by atoms with Gasteiger partial charge in [-0.2, -0.15) is 5.06 Å². The number of rotatable bonds is 4. The van der Waals surface area contributed by atoms with Crippen molar-refractivity contribution in [1.29, 1.82) is 0 Å². The van der Waals surface area contributed by atoms with Gasteiger partial charge in [-0.3, -0.25) is 0 Å². The van der Waals surface area contributed by atoms with Crippen molar-refractivity contribution < 1.29 is 28.6 Å². The highest BCUT2D eigenvalue weighted by Crippen LogP contribution is 2.45. The molecule has 1 aromatic rings. The van der Waals surface area contributed by atoms with Crippen LogP contribution < -0.4 is 0 Å². The van der Waals surface area contributed by atoms with E-state index < -0.39 is 17.7 Å². The third kappa shape index (κ3) is 3.64. The molecular weight excluding hydrogens is 362 g/mol. The highest BCUT2D eigenvalue weighted by molar-refractivity contribution is 6.20. The van der Waals surface area contributed by atoms with Crippen LogP contribution in [0.4, 0.5) is 4.79 Å². The molecule has 3 rings (SSSR count). The van der Waals surface area contributed by atoms with Crippen LogP contribution in [-0.2, 0) is 23.8 Å². The van der Waals surface area contributed by atoms with Crippen LogP contribution in [0.1, 0.15) is 42.0 Å². The summed E-state index contributed by atoms with van der Waals surface area (Å²) in [5.41, 5.74) is 3.14. The van der Waals surface area contributed by atoms with E-state index in [0.29, 0.717) is 31.5 Å². The number of hydrogen-bond acceptors (Lipinski definition) is 7. The average Bonchev–Trinajstić information content (AvgIpc) is 2.90. The lowest BCUT2D eigenvalue weighted by molar-refractivity contribution is -0.183. The van der Waals surface area contributed by atoms with Gasteiger partial charge in [0.25, 0.3) is 0 Å². The van der Waals surface area contributed by atoms with Gasteiger partial charge in [0.1, 0.15) is 5.57 Å². The molecule has 1 spiro atoms. The Morgan fingerprint density at radius 2 is 1.79 bits per heavy atom. The van der Waals surface area contributed by atoms with Gasteiger partial charge in [0.15, 0.2) is 11.4 Å². The second kappa shape index (κ2) is 7.93. The molecule has 0 unspecified atom stereocenters. The molecule has 0 aliphatic carbocycles. The Kier molecular flexibility index (Phi) is 5.76. The van der Waals surface area contributed by atoms with Crippen LogP contribution in [0, 0.1) is 20.8 Å². The van der Waals surface area contributed by atoms with Gasteiger partial charge in [0.05, 0.1) is 13.7 Å². The summed E-state index contributed by atoms with van der Waals surface area (Å²) in [7, 11) is 1.61. The molecule has 0 bridgehead atoms. The van der Waals surface area contributed by atoms with Gasteiger partial charge in [-0.15, -0.1) is 0 Å². The lowest BCUT2D eigenvalue weighted by Gasteiger charge is -2.37. The number of piperidine rings is 1. The summed E-state index contributed by atoms with van der Waals surface area (Å²) < 4.78 is 16.4. The Hall–Kier alpha value is -2.38. The van der Waals surface area contributed by atoms with Gasteiger partial charge in [0, 0.05) is 25.9 Å². The Balaban J connectivity index is 2.10. The van der Waals surface area contributed by atoms with Crippen LogP contribution in [-0.4, -0.2) is 49.6 Å². The topological polar surface area (TPSA) is 74.3 Å². The first-order chi connectivity index (χ1) is 13.3. The van der Waals surface area contributed by atoms with E-state index in [9.17, 15) is 9.59 Å². The number of carbonyl (C=O) groups excluding carboxylic acids is 2. The molecule has 1 fully saturated rings. The molecule has 0 amide bonds. The SMILES string of the molecule is CCOC(=O)OC1=C(c2cc(C)c(C)cc2C)C(=O)OC12CCN(OC)CC2. The zero-order valence-electron chi connectivity index (χ0n) is 17.1. The minimum Gasteiger partial charge on any atom is -0.447 e. The molecule has 152 valence electrons. The van der Waals surface area contributed by atoms with Crippen molar-refractivity contribution in [3.05, 3.63) is 40.1 Å². The molecule has 2 aliphatic rings. The summed E-state index contributed by atoms with van der Waals surface area (Å²) in [5, 5.41) is 1.79. The molecule has 1 aromatic carbocycles. The number of benzene rings is 1. The van der Waals surface area contributed by atoms with E-state index in [1.807, 2.05) is 32.9 Å². The fourth-order valence-electron chi connectivity index (χ4n) is 3.79. The fraction of sp³-hybridized carbons (Fsp3) is 0.524. The Morgan fingerprint density at radius 3 is 2.39 bits per heavy atom. The summed E-state index contributed by atoms with van der Waals surface area (Å²) in [6.45, 7) is 8.93. The lowest BCUT2D eigenvalue weighted by atomic mass is 9.87. The van der Waals surface area contributed by atoms with Crippen molar-refractivity contribution in [1.82, 2.24) is 5.06 Å². The maximum Gasteiger partial charge on any atom is 0.513 e. The maximum absolute atomic E-state index is 12.9. The van der Waals surface area contributed by atoms with E-state index in [1.165, 1.54) is 0 Å². The Labute approximate surface area is 165 Å². The van der Waals surface area contributed by atoms with Gasteiger partial charge >= 0.3 is 12.1 Å². The molecule has 0 aromatic heterocycles. The second-order valence-electron chi connectivity index (χ2n) is 7.24. The zero-order valence-corrected chi connectivity index (χ0v) is 17.1. The van der Waals surface area contributed by atoms with E-state index >= 15 is 0 Å². The largest absolute Gasteiger partial charge is 0.513 e. The van der Waals surface area contributed by atoms with E-state index in [4.69, 9.17) is 19.0 Å². The van der Waals surface area contributed by atoms with Crippen LogP contribution in [0.5, 0.6) is 0 Å². The number of esters is 1. The third-order valence-corrected chi connectivity index (χ3v) is 5.48. The predicted octanol–water partition coefficient (Wildman–Crippen LogP) is 3.45. The van der Waals surface area contributed by atoms with E-state index in [-0.39, 0.29) is 12.4 Å². The molecule has 0 radical (unpaired) electrons. The smallest absolute Gasteiger partial charge is 0.447 e. The first-order valence-corrected chi connectivity index (χ1v) is 9.51. The standard InChI is InChI=1S/C21H27NO6/c1-6-26-20(24)27-18-17(16-12-14(3)13(2)11-15(16)4)19(23)28-21(18)7-9-22(25-5)10-8-21/h11-12H,6-10H2,1-5H3. The van der Waals surface area contributed by atoms with Gasteiger partial charge in [-0.05, 0) is 49.9 Å². The summed E-state index contributed by atoms with van der Waals surface area (Å²) in [6, 6.07) is 3.96. The van der Waals surface area contributed by atoms with E-state index in [2.05, 4.69) is 0 Å². The van der Waals surface area contributed by atoms with Gasteiger partial charge in [-0.25, -0.2) is 9.59 Å². The van der Waals surface area contributed by atoms with E-state index in [0.717, 1.165) is 22.3 Å². The predicted molar refractivity (Wildman–Crippen MR) is 102 cm³/mol. The van der Waals surface area contributed by atoms with Crippen LogP contribution >= 0.6 is 0 Å². The quantitative estimate of drug-likeness (QED) is 0.730. The van der Waals surface area contributed by atoms with Crippen molar-refractivity contribution in [2.45, 2.75) is 46.1 Å². The number of nitrogens with zero attached hydrogens (tertiary/aromatic N) is 1. The number of hydrogen-bond donors (Lipinski definition) is 0. The first-order valence-electron chi connectivity index (χ1n) is 9.51. The molecule has 2 heterocycles. The molecule has 0 saturated carbocycles. The minimum atomic E-state index is -0.987. The monoisotopic (exact) mass is 389 g/mol. The molecule has 28 heavy (non-hydrogen) atoms. The summed E-state index contributed by atoms with van der Waals surface area (Å²) in [4.78, 5) is 30.4. The number of hydroxylamine groups is 2. The normalized spacial score (nSPS) is 19.1. The molecule has 0 N–H and O–H groups in total. The van der Waals surface area contributed by atoms with Gasteiger partial charge in [-0.1, -0.05) is 12.1 Å². The lowest BCUT2D eigenvalue weighted by Crippen LogP contribution is -2.46. The molecule has 2 aliphatic heterocycles. The molecular formula is C21H27NO6. The fourth-order valence-corrected chi connectivity index (χ4v) is 3.79. The average molecular weight is 389 g/mol. The van der Waals surface area contributed by atoms with Crippen LogP contribution in [0.15, 0.2) is 17.9 Å². The Morgan fingerprint density at radius 1 is 1.14 bits per heavy atom. The zero-order chi connectivity index (χ0) is 20.5. The van der Waals surface area contributed by atoms with Crippen LogP contribution in [0.2, 0.25) is 0 Å². The number of ether oxygens (including phenoxy) is 3. The number of aryl methyl sites for hydroxylation is 3. The molecule has 0 atom stereocenters. The van der Waals surface area contributed by atoms with Crippen molar-refractivity contribution in [2.75, 3.05) is 26.8 Å². The third-order valence-electron chi connectivity index (χ3n) is 5.48. The molecule has 1 saturated heterocycles. The van der Waals surface area contributed by atoms with Crippen molar-refractivity contribution in [3.63, 3.8) is 0 Å². The van der Waals surface area contributed by atoms with Crippen molar-refractivity contribution in [2.24, 2.45) is 0 Å². The number of carbonyl (C=O) groups is 2. The Bertz CT molecular complexity index is 820.